The third-order valence-corrected chi connectivity index (χ3v) is 2.11. The van der Waals surface area contributed by atoms with Crippen molar-refractivity contribution in [3.8, 4) is 6.07 Å². The first kappa shape index (κ1) is 8.82. The van der Waals surface area contributed by atoms with E-state index in [0.29, 0.717) is 5.56 Å². The van der Waals surface area contributed by atoms with Gasteiger partial charge in [0.15, 0.2) is 0 Å². The van der Waals surface area contributed by atoms with Gasteiger partial charge < -0.3 is 5.11 Å². The van der Waals surface area contributed by atoms with E-state index in [2.05, 4.69) is 15.9 Å². The molecular weight excluding hydrogens is 218 g/mol. The van der Waals surface area contributed by atoms with Gasteiger partial charge in [-0.3, -0.25) is 0 Å². The van der Waals surface area contributed by atoms with E-state index in [1.807, 2.05) is 18.2 Å². The zero-order valence-electron chi connectivity index (χ0n) is 6.16. The first-order valence-corrected chi connectivity index (χ1v) is 4.08. The molecule has 0 spiro atoms. The van der Waals surface area contributed by atoms with Crippen molar-refractivity contribution in [2.45, 2.75) is 0 Å². The lowest BCUT2D eigenvalue weighted by Crippen LogP contribution is -1.82. The molecule has 0 unspecified atom stereocenters. The van der Waals surface area contributed by atoms with Crippen molar-refractivity contribution in [3.05, 3.63) is 40.6 Å². The van der Waals surface area contributed by atoms with E-state index in [1.165, 1.54) is 0 Å². The lowest BCUT2D eigenvalue weighted by atomic mass is 10.1. The van der Waals surface area contributed by atoms with Gasteiger partial charge in [0.05, 0.1) is 11.8 Å². The van der Waals surface area contributed by atoms with Crippen molar-refractivity contribution in [2.24, 2.45) is 0 Å². The maximum Gasteiger partial charge on any atom is 0.103 e. The molecule has 12 heavy (non-hydrogen) atoms. The number of nitrogens with zero attached hydrogens (tertiary/aromatic N) is 1. The van der Waals surface area contributed by atoms with Crippen LogP contribution in [0.2, 0.25) is 0 Å². The molecule has 0 aliphatic rings. The molecule has 0 aliphatic carbocycles. The number of halogens is 1. The van der Waals surface area contributed by atoms with Gasteiger partial charge in [0.2, 0.25) is 0 Å². The van der Waals surface area contributed by atoms with E-state index in [-0.39, 0.29) is 5.57 Å². The highest BCUT2D eigenvalue weighted by Gasteiger charge is 2.03. The summed E-state index contributed by atoms with van der Waals surface area (Å²) in [5.74, 6) is 0. The molecule has 0 heterocycles. The second kappa shape index (κ2) is 3.93. The number of aliphatic hydroxyl groups is 1. The molecule has 3 heteroatoms. The lowest BCUT2D eigenvalue weighted by Gasteiger charge is -1.99. The average Bonchev–Trinajstić information content (AvgIpc) is 2.10. The summed E-state index contributed by atoms with van der Waals surface area (Å²) >= 11 is 3.28. The van der Waals surface area contributed by atoms with Gasteiger partial charge in [-0.05, 0) is 6.07 Å². The Kier molecular flexibility index (Phi) is 2.89. The second-order valence-electron chi connectivity index (χ2n) is 2.13. The molecule has 1 aromatic carbocycles. The Morgan fingerprint density at radius 3 is 2.67 bits per heavy atom. The summed E-state index contributed by atoms with van der Waals surface area (Å²) in [5.41, 5.74) is 0.949. The van der Waals surface area contributed by atoms with Crippen molar-refractivity contribution in [1.82, 2.24) is 0 Å². The summed E-state index contributed by atoms with van der Waals surface area (Å²) in [5, 5.41) is 17.3. The van der Waals surface area contributed by atoms with Crippen molar-refractivity contribution < 1.29 is 5.11 Å². The van der Waals surface area contributed by atoms with Crippen molar-refractivity contribution >= 4 is 21.5 Å². The van der Waals surface area contributed by atoms with E-state index in [1.54, 1.807) is 12.1 Å². The Morgan fingerprint density at radius 1 is 1.50 bits per heavy atom. The standard InChI is InChI=1S/C9H6BrNO/c10-9-4-2-1-3-8(9)7(5-11)6-12/h1-4,6,12H/b7-6+. The summed E-state index contributed by atoms with van der Waals surface area (Å²) in [6.07, 6.45) is 0.806. The number of benzene rings is 1. The lowest BCUT2D eigenvalue weighted by molar-refractivity contribution is 0.476. The Hall–Kier alpha value is -1.27. The summed E-state index contributed by atoms with van der Waals surface area (Å²) in [6, 6.07) is 9.12. The maximum absolute atomic E-state index is 8.70. The number of rotatable bonds is 1. The van der Waals surface area contributed by atoms with Crippen LogP contribution >= 0.6 is 15.9 Å². The Morgan fingerprint density at radius 2 is 2.17 bits per heavy atom. The Bertz CT molecular complexity index is 352. The van der Waals surface area contributed by atoms with Crippen LogP contribution in [0.25, 0.3) is 5.57 Å². The molecule has 1 N–H and O–H groups in total. The van der Waals surface area contributed by atoms with Gasteiger partial charge >= 0.3 is 0 Å². The first-order valence-electron chi connectivity index (χ1n) is 3.29. The summed E-state index contributed by atoms with van der Waals surface area (Å²) in [7, 11) is 0. The van der Waals surface area contributed by atoms with Gasteiger partial charge in [-0.25, -0.2) is 0 Å². The van der Waals surface area contributed by atoms with Gasteiger partial charge in [-0.15, -0.1) is 0 Å². The van der Waals surface area contributed by atoms with Crippen LogP contribution in [-0.4, -0.2) is 5.11 Å². The molecule has 0 fully saturated rings. The first-order chi connectivity index (χ1) is 5.79. The average molecular weight is 224 g/mol. The Labute approximate surface area is 78.9 Å². The number of hydrogen-bond acceptors (Lipinski definition) is 2. The quantitative estimate of drug-likeness (QED) is 0.588. The molecular formula is C9H6BrNO. The predicted molar refractivity (Wildman–Crippen MR) is 50.4 cm³/mol. The molecule has 0 aliphatic heterocycles. The van der Waals surface area contributed by atoms with Gasteiger partial charge in [0.25, 0.3) is 0 Å². The van der Waals surface area contributed by atoms with Gasteiger partial charge in [0, 0.05) is 10.0 Å². The number of allylic oxidation sites excluding steroid dienone is 1. The molecule has 0 atom stereocenters. The third kappa shape index (κ3) is 1.66. The SMILES string of the molecule is N#C/C(=C\O)c1ccccc1Br. The van der Waals surface area contributed by atoms with Crippen molar-refractivity contribution in [1.29, 1.82) is 5.26 Å². The molecule has 0 saturated heterocycles. The molecule has 0 saturated carbocycles. The number of aliphatic hydroxyl groups excluding tert-OH is 1. The molecule has 1 aromatic rings. The summed E-state index contributed by atoms with van der Waals surface area (Å²) < 4.78 is 0.798. The maximum atomic E-state index is 8.70. The fourth-order valence-corrected chi connectivity index (χ4v) is 1.34. The fourth-order valence-electron chi connectivity index (χ4n) is 0.838. The highest BCUT2D eigenvalue weighted by atomic mass is 79.9. The van der Waals surface area contributed by atoms with Crippen LogP contribution in [0, 0.1) is 11.3 Å². The van der Waals surface area contributed by atoms with E-state index in [0.717, 1.165) is 10.7 Å². The van der Waals surface area contributed by atoms with Gasteiger partial charge in [-0.1, -0.05) is 34.1 Å². The zero-order chi connectivity index (χ0) is 8.97. The summed E-state index contributed by atoms with van der Waals surface area (Å²) in [4.78, 5) is 0. The monoisotopic (exact) mass is 223 g/mol. The van der Waals surface area contributed by atoms with Crippen LogP contribution in [0.3, 0.4) is 0 Å². The highest BCUT2D eigenvalue weighted by Crippen LogP contribution is 2.22. The van der Waals surface area contributed by atoms with Crippen molar-refractivity contribution in [2.75, 3.05) is 0 Å². The Balaban J connectivity index is 3.21. The van der Waals surface area contributed by atoms with E-state index in [9.17, 15) is 0 Å². The van der Waals surface area contributed by atoms with Crippen molar-refractivity contribution in [3.63, 3.8) is 0 Å². The second-order valence-corrected chi connectivity index (χ2v) is 2.99. The normalized spacial score (nSPS) is 10.8. The van der Waals surface area contributed by atoms with Crippen LogP contribution in [-0.2, 0) is 0 Å². The molecule has 0 bridgehead atoms. The van der Waals surface area contributed by atoms with Crippen LogP contribution in [0.15, 0.2) is 35.0 Å². The minimum atomic E-state index is 0.252. The predicted octanol–water partition coefficient (Wildman–Crippen LogP) is 2.87. The molecule has 0 amide bonds. The molecule has 60 valence electrons. The smallest absolute Gasteiger partial charge is 0.103 e. The van der Waals surface area contributed by atoms with E-state index in [4.69, 9.17) is 10.4 Å². The van der Waals surface area contributed by atoms with Gasteiger partial charge in [-0.2, -0.15) is 5.26 Å². The molecule has 0 radical (unpaired) electrons. The number of hydrogen-bond donors (Lipinski definition) is 1. The van der Waals surface area contributed by atoms with E-state index < -0.39 is 0 Å². The minimum Gasteiger partial charge on any atom is -0.514 e. The van der Waals surface area contributed by atoms with Crippen LogP contribution in [0.4, 0.5) is 0 Å². The molecule has 1 rings (SSSR count). The van der Waals surface area contributed by atoms with E-state index >= 15 is 0 Å². The minimum absolute atomic E-state index is 0.252. The molecule has 0 aromatic heterocycles. The number of nitriles is 1. The van der Waals surface area contributed by atoms with Crippen LogP contribution in [0.5, 0.6) is 0 Å². The highest BCUT2D eigenvalue weighted by molar-refractivity contribution is 9.10. The summed E-state index contributed by atoms with van der Waals surface area (Å²) in [6.45, 7) is 0. The van der Waals surface area contributed by atoms with Gasteiger partial charge in [0.1, 0.15) is 6.07 Å². The fraction of sp³-hybridized carbons (Fsp3) is 0. The van der Waals surface area contributed by atoms with Crippen LogP contribution in [0.1, 0.15) is 5.56 Å². The van der Waals surface area contributed by atoms with Crippen LogP contribution < -0.4 is 0 Å². The molecule has 2 nitrogen and oxygen atoms in total. The third-order valence-electron chi connectivity index (χ3n) is 1.41. The largest absolute Gasteiger partial charge is 0.514 e. The topological polar surface area (TPSA) is 44.0 Å². The zero-order valence-corrected chi connectivity index (χ0v) is 7.75.